The molecule has 0 bridgehead atoms. The Morgan fingerprint density at radius 1 is 0.461 bits per heavy atom. The minimum Gasteiger partial charge on any atom is -0.445 e. The molecule has 1 unspecified atom stereocenters. The Kier molecular flexibility index (Phi) is 34.9. The van der Waals surface area contributed by atoms with Gasteiger partial charge in [0, 0.05) is 64.8 Å². The number of aliphatic hydroxyl groups excluding tert-OH is 1. The highest BCUT2D eigenvalue weighted by Gasteiger charge is 2.48. The maximum Gasteiger partial charge on any atom is 0.408 e. The van der Waals surface area contributed by atoms with E-state index in [1.54, 1.807) is 45.0 Å². The van der Waals surface area contributed by atoms with E-state index >= 15 is 4.79 Å². The van der Waals surface area contributed by atoms with Gasteiger partial charge in [-0.2, -0.15) is 0 Å². The van der Waals surface area contributed by atoms with E-state index in [1.807, 2.05) is 111 Å². The molecule has 4 rings (SSSR count). The van der Waals surface area contributed by atoms with Crippen molar-refractivity contribution < 1.29 is 52.9 Å². The average Bonchev–Trinajstić information content (AvgIpc) is 3.71. The van der Waals surface area contributed by atoms with Gasteiger partial charge in [0.05, 0.1) is 6.10 Å². The van der Waals surface area contributed by atoms with Gasteiger partial charge in [0.2, 0.25) is 35.4 Å². The molecule has 0 aliphatic carbocycles. The number of aryl methyl sites for hydroxylation is 1. The van der Waals surface area contributed by atoms with E-state index in [0.29, 0.717) is 89.7 Å². The number of hydrogen-bond acceptors (Lipinski definition) is 11. The zero-order valence-electron chi connectivity index (χ0n) is 53.5. The summed E-state index contributed by atoms with van der Waals surface area (Å²) in [7, 11) is 0. The van der Waals surface area contributed by atoms with Gasteiger partial charge in [-0.25, -0.2) is 9.59 Å². The van der Waals surface area contributed by atoms with E-state index in [9.17, 15) is 38.7 Å². The lowest BCUT2D eigenvalue weighted by atomic mass is 9.81. The summed E-state index contributed by atoms with van der Waals surface area (Å²) in [6.07, 6.45) is 8.94. The predicted octanol–water partition coefficient (Wildman–Crippen LogP) is 9.38. The SMILES string of the molecule is CC(C)C[C@H](NC(=O)[C@@](Cc1ccccc1)(NC(=O)OC(C)(C)C)[C@H](O)CCCc1ccccc1)C(=O)NC(Cc1ccccc1)C(=O)NCCCCCNC(=O)CCCCCNC(=O)CCCCCNC(=O)CCCCCNC(=O)OCc1ccccc1. The van der Waals surface area contributed by atoms with Crippen LogP contribution in [0, 0.1) is 5.92 Å². The smallest absolute Gasteiger partial charge is 0.408 e. The summed E-state index contributed by atoms with van der Waals surface area (Å²) in [4.78, 5) is 106. The second kappa shape index (κ2) is 42.2. The van der Waals surface area contributed by atoms with Gasteiger partial charge >= 0.3 is 12.2 Å². The molecule has 89 heavy (non-hydrogen) atoms. The fraction of sp³-hybridized carbons (Fsp3) is 0.543. The van der Waals surface area contributed by atoms with Crippen LogP contribution in [0.15, 0.2) is 121 Å². The lowest BCUT2D eigenvalue weighted by molar-refractivity contribution is -0.138. The molecule has 0 heterocycles. The summed E-state index contributed by atoms with van der Waals surface area (Å²) < 4.78 is 10.9. The summed E-state index contributed by atoms with van der Waals surface area (Å²) in [6.45, 7) is 11.6. The number of aliphatic hydroxyl groups is 1. The molecule has 0 saturated carbocycles. The highest BCUT2D eigenvalue weighted by atomic mass is 16.6. The maximum atomic E-state index is 15.1. The lowest BCUT2D eigenvalue weighted by Crippen LogP contribution is -2.69. The zero-order chi connectivity index (χ0) is 64.5. The predicted molar refractivity (Wildman–Crippen MR) is 347 cm³/mol. The van der Waals surface area contributed by atoms with Gasteiger partial charge in [0.25, 0.3) is 0 Å². The van der Waals surface area contributed by atoms with Crippen LogP contribution in [-0.4, -0.2) is 115 Å². The van der Waals surface area contributed by atoms with Crippen LogP contribution in [0.1, 0.15) is 172 Å². The minimum atomic E-state index is -1.98. The quantitative estimate of drug-likeness (QED) is 0.0188. The molecule has 0 aromatic heterocycles. The summed E-state index contributed by atoms with van der Waals surface area (Å²) in [5.41, 5.74) is 0.540. The largest absolute Gasteiger partial charge is 0.445 e. The highest BCUT2D eigenvalue weighted by Crippen LogP contribution is 2.26. The van der Waals surface area contributed by atoms with Crippen molar-refractivity contribution in [1.29, 1.82) is 0 Å². The molecule has 488 valence electrons. The first kappa shape index (κ1) is 73.7. The second-order valence-electron chi connectivity index (χ2n) is 24.4. The molecule has 9 N–H and O–H groups in total. The van der Waals surface area contributed by atoms with Crippen molar-refractivity contribution in [3.63, 3.8) is 0 Å². The number of nitrogens with one attached hydrogen (secondary N) is 8. The standard InChI is InChI=1S/C70H102N8O11/c1-53(2)49-58(77-66(85)70(51-56-35-18-8-19-36-56,78-68(87)89-69(3,4)5)60(79)40-30-39-54-31-14-6-15-32-54)65(84)76-59(50-55-33-16-7-17-34-55)64(83)74-47-29-13-28-46-73-63(82)42-23-11-26-44-71-61(80)41-22-10-25-45-72-62(81)43-24-12-27-48-75-67(86)88-52-57-37-20-9-21-38-57/h6-9,14-21,31-38,53,58-60,79H,10-13,22-30,39-52H2,1-5H3,(H,71,80)(H,72,81)(H,73,82)(H,74,83)(H,75,86)(H,76,84)(H,77,85)(H,78,87)/t58-,59?,60+,70-/m0/s1. The van der Waals surface area contributed by atoms with Crippen LogP contribution in [-0.2, 0) is 64.1 Å². The van der Waals surface area contributed by atoms with Gasteiger partial charge < -0.3 is 57.1 Å². The molecule has 0 spiro atoms. The fourth-order valence-electron chi connectivity index (χ4n) is 10.1. The molecule has 4 aromatic carbocycles. The third kappa shape index (κ3) is 32.3. The lowest BCUT2D eigenvalue weighted by Gasteiger charge is -2.39. The van der Waals surface area contributed by atoms with Crippen LogP contribution in [0.2, 0.25) is 0 Å². The van der Waals surface area contributed by atoms with Crippen LogP contribution >= 0.6 is 0 Å². The number of benzene rings is 4. The van der Waals surface area contributed by atoms with Crippen LogP contribution in [0.4, 0.5) is 9.59 Å². The fourth-order valence-corrected chi connectivity index (χ4v) is 10.1. The molecule has 4 atom stereocenters. The van der Waals surface area contributed by atoms with Gasteiger partial charge in [0.1, 0.15) is 24.3 Å². The maximum absolute atomic E-state index is 15.1. The summed E-state index contributed by atoms with van der Waals surface area (Å²) in [6, 6.07) is 35.4. The topological polar surface area (TPSA) is 271 Å². The Bertz CT molecular complexity index is 2700. The molecule has 19 nitrogen and oxygen atoms in total. The van der Waals surface area contributed by atoms with E-state index in [0.717, 1.165) is 74.5 Å². The first-order valence-corrected chi connectivity index (χ1v) is 32.3. The molecular weight excluding hydrogens is 1130 g/mol. The van der Waals surface area contributed by atoms with Gasteiger partial charge in [-0.3, -0.25) is 28.8 Å². The van der Waals surface area contributed by atoms with Crippen LogP contribution in [0.3, 0.4) is 0 Å². The molecule has 0 aliphatic heterocycles. The Hall–Kier alpha value is -7.80. The van der Waals surface area contributed by atoms with Gasteiger partial charge in [-0.15, -0.1) is 0 Å². The first-order chi connectivity index (χ1) is 42.8. The van der Waals surface area contributed by atoms with E-state index in [2.05, 4.69) is 42.5 Å². The summed E-state index contributed by atoms with van der Waals surface area (Å²) >= 11 is 0. The molecule has 0 radical (unpaired) electrons. The molecule has 8 amide bonds. The van der Waals surface area contributed by atoms with Gasteiger partial charge in [-0.1, -0.05) is 154 Å². The number of rotatable bonds is 43. The number of alkyl carbamates (subject to hydrolysis) is 2. The molecule has 0 saturated heterocycles. The molecule has 4 aromatic rings. The van der Waals surface area contributed by atoms with E-state index < -0.39 is 59.2 Å². The van der Waals surface area contributed by atoms with Crippen molar-refractivity contribution in [1.82, 2.24) is 42.5 Å². The molecule has 0 aliphatic rings. The zero-order valence-corrected chi connectivity index (χ0v) is 53.5. The monoisotopic (exact) mass is 1230 g/mol. The first-order valence-electron chi connectivity index (χ1n) is 32.3. The average molecular weight is 1230 g/mol. The van der Waals surface area contributed by atoms with Crippen molar-refractivity contribution in [3.8, 4) is 0 Å². The van der Waals surface area contributed by atoms with Gasteiger partial charge in [-0.05, 0) is 132 Å². The number of carbonyl (C=O) groups excluding carboxylic acids is 8. The Morgan fingerprint density at radius 3 is 1.38 bits per heavy atom. The van der Waals surface area contributed by atoms with Crippen molar-refractivity contribution in [2.24, 2.45) is 5.92 Å². The number of amides is 8. The highest BCUT2D eigenvalue weighted by molar-refractivity contribution is 5.96. The number of unbranched alkanes of at least 4 members (excludes halogenated alkanes) is 8. The number of hydrogen-bond donors (Lipinski definition) is 9. The van der Waals surface area contributed by atoms with E-state index in [4.69, 9.17) is 9.47 Å². The van der Waals surface area contributed by atoms with Gasteiger partial charge in [0.15, 0.2) is 5.54 Å². The number of carbonyl (C=O) groups is 8. The van der Waals surface area contributed by atoms with Crippen LogP contribution in [0.25, 0.3) is 0 Å². The molecule has 0 fully saturated rings. The Morgan fingerprint density at radius 2 is 0.899 bits per heavy atom. The van der Waals surface area contributed by atoms with Crippen molar-refractivity contribution in [2.75, 3.05) is 32.7 Å². The van der Waals surface area contributed by atoms with Crippen molar-refractivity contribution >= 4 is 47.6 Å². The Labute approximate surface area is 528 Å². The van der Waals surface area contributed by atoms with Crippen LogP contribution < -0.4 is 42.5 Å². The third-order valence-corrected chi connectivity index (χ3v) is 14.9. The Balaban J connectivity index is 1.14. The van der Waals surface area contributed by atoms with E-state index in [1.165, 1.54) is 0 Å². The van der Waals surface area contributed by atoms with Crippen LogP contribution in [0.5, 0.6) is 0 Å². The number of ether oxygens (including phenoxy) is 2. The van der Waals surface area contributed by atoms with Crippen molar-refractivity contribution in [2.45, 2.75) is 205 Å². The molecular formula is C70H102N8O11. The normalized spacial score (nSPS) is 12.9. The van der Waals surface area contributed by atoms with Crippen molar-refractivity contribution in [3.05, 3.63) is 144 Å². The third-order valence-electron chi connectivity index (χ3n) is 14.9. The summed E-state index contributed by atoms with van der Waals surface area (Å²) in [5.74, 6) is -1.90. The summed E-state index contributed by atoms with van der Waals surface area (Å²) in [5, 5.41) is 35.5. The molecule has 19 heteroatoms. The second-order valence-corrected chi connectivity index (χ2v) is 24.4. The van der Waals surface area contributed by atoms with E-state index in [-0.39, 0.29) is 55.9 Å². The minimum absolute atomic E-state index is 0.00361.